The van der Waals surface area contributed by atoms with Crippen LogP contribution in [0.3, 0.4) is 0 Å². The standard InChI is InChI=1S/C30H24ClN3O4/c1-17-9-11-22(13-18(17)2)34-27-15-21(31)10-12-24(27)26(16-28(34)35)33-32-25-8-4-7-23(29(25)36)19-5-3-6-20(14-19)30(37)38/h3-15,32,36H,16H2,1-2H3,(H,37,38)/b33-26+. The molecule has 7 nitrogen and oxygen atoms in total. The van der Waals surface area contributed by atoms with Crippen molar-refractivity contribution in [3.05, 3.63) is 106 Å². The molecule has 0 aromatic heterocycles. The summed E-state index contributed by atoms with van der Waals surface area (Å²) in [6, 6.07) is 22.6. The Morgan fingerprint density at radius 2 is 1.74 bits per heavy atom. The van der Waals surface area contributed by atoms with Crippen LogP contribution in [0.15, 0.2) is 84.0 Å². The molecule has 0 saturated carbocycles. The van der Waals surface area contributed by atoms with Gasteiger partial charge in [-0.2, -0.15) is 5.10 Å². The number of carboxylic acids is 1. The summed E-state index contributed by atoms with van der Waals surface area (Å²) in [6.07, 6.45) is 0.0374. The van der Waals surface area contributed by atoms with Crippen LogP contribution < -0.4 is 10.3 Å². The number of phenols is 1. The summed E-state index contributed by atoms with van der Waals surface area (Å²) in [5.41, 5.74) is 9.15. The molecule has 0 bridgehead atoms. The topological polar surface area (TPSA) is 102 Å². The van der Waals surface area contributed by atoms with Crippen molar-refractivity contribution in [3.63, 3.8) is 0 Å². The number of amides is 1. The SMILES string of the molecule is Cc1ccc(N2C(=O)C/C(=N\Nc3cccc(-c4cccc(C(=O)O)c4)c3O)c3ccc(Cl)cc32)cc1C. The largest absolute Gasteiger partial charge is 0.505 e. The molecule has 1 amide bonds. The van der Waals surface area contributed by atoms with E-state index in [9.17, 15) is 19.8 Å². The number of anilines is 3. The van der Waals surface area contributed by atoms with E-state index in [1.54, 1.807) is 47.4 Å². The molecule has 190 valence electrons. The number of nitrogens with zero attached hydrogens (tertiary/aromatic N) is 2. The van der Waals surface area contributed by atoms with Crippen molar-refractivity contribution < 1.29 is 19.8 Å². The van der Waals surface area contributed by atoms with Gasteiger partial charge in [-0.05, 0) is 79.1 Å². The number of carbonyl (C=O) groups is 2. The van der Waals surface area contributed by atoms with Crippen molar-refractivity contribution >= 4 is 46.3 Å². The van der Waals surface area contributed by atoms with Crippen LogP contribution in [0.4, 0.5) is 17.1 Å². The summed E-state index contributed by atoms with van der Waals surface area (Å²) in [5, 5.41) is 25.3. The number of rotatable bonds is 5. The van der Waals surface area contributed by atoms with Crippen LogP contribution in [0.1, 0.15) is 33.5 Å². The van der Waals surface area contributed by atoms with Gasteiger partial charge in [-0.25, -0.2) is 4.79 Å². The summed E-state index contributed by atoms with van der Waals surface area (Å²) >= 11 is 6.32. The van der Waals surface area contributed by atoms with Crippen LogP contribution in [-0.4, -0.2) is 27.8 Å². The fourth-order valence-electron chi connectivity index (χ4n) is 4.45. The number of hydrogen-bond donors (Lipinski definition) is 3. The summed E-state index contributed by atoms with van der Waals surface area (Å²) in [6.45, 7) is 4.02. The first-order valence-electron chi connectivity index (χ1n) is 11.9. The lowest BCUT2D eigenvalue weighted by Gasteiger charge is -2.31. The van der Waals surface area contributed by atoms with Gasteiger partial charge in [-0.3, -0.25) is 15.1 Å². The summed E-state index contributed by atoms with van der Waals surface area (Å²) in [7, 11) is 0. The highest BCUT2D eigenvalue weighted by Gasteiger charge is 2.30. The number of fused-ring (bicyclic) bond motifs is 1. The van der Waals surface area contributed by atoms with Gasteiger partial charge in [0.1, 0.15) is 5.75 Å². The molecule has 5 rings (SSSR count). The number of phenolic OH excluding ortho intramolecular Hbond substituents is 1. The zero-order valence-electron chi connectivity index (χ0n) is 20.7. The monoisotopic (exact) mass is 525 g/mol. The number of para-hydroxylation sites is 1. The quantitative estimate of drug-likeness (QED) is 0.194. The Balaban J connectivity index is 1.51. The highest BCUT2D eigenvalue weighted by molar-refractivity contribution is 6.32. The maximum atomic E-state index is 13.4. The van der Waals surface area contributed by atoms with Crippen molar-refractivity contribution in [1.82, 2.24) is 0 Å². The zero-order valence-corrected chi connectivity index (χ0v) is 21.5. The predicted octanol–water partition coefficient (Wildman–Crippen LogP) is 6.91. The number of aromatic carboxylic acids is 1. The maximum Gasteiger partial charge on any atom is 0.335 e. The van der Waals surface area contributed by atoms with Crippen molar-refractivity contribution in [2.24, 2.45) is 5.10 Å². The third-order valence-corrected chi connectivity index (χ3v) is 6.83. The number of hydrazone groups is 1. The molecule has 4 aromatic rings. The number of carboxylic acid groups (broad SMARTS) is 1. The number of nitrogens with one attached hydrogen (secondary N) is 1. The van der Waals surface area contributed by atoms with Crippen molar-refractivity contribution in [3.8, 4) is 16.9 Å². The molecule has 0 atom stereocenters. The lowest BCUT2D eigenvalue weighted by atomic mass is 9.97. The molecule has 0 radical (unpaired) electrons. The van der Waals surface area contributed by atoms with Gasteiger partial charge in [0.25, 0.3) is 0 Å². The molecule has 1 aliphatic rings. The van der Waals surface area contributed by atoms with E-state index in [0.717, 1.165) is 22.4 Å². The highest BCUT2D eigenvalue weighted by Crippen LogP contribution is 2.38. The number of aromatic hydroxyl groups is 1. The number of carbonyl (C=O) groups excluding carboxylic acids is 1. The van der Waals surface area contributed by atoms with Gasteiger partial charge < -0.3 is 10.2 Å². The fourth-order valence-corrected chi connectivity index (χ4v) is 4.61. The van der Waals surface area contributed by atoms with E-state index in [4.69, 9.17) is 11.6 Å². The van der Waals surface area contributed by atoms with Crippen molar-refractivity contribution in [2.75, 3.05) is 10.3 Å². The summed E-state index contributed by atoms with van der Waals surface area (Å²) in [5.74, 6) is -1.30. The van der Waals surface area contributed by atoms with E-state index in [1.807, 2.05) is 38.1 Å². The van der Waals surface area contributed by atoms with E-state index in [-0.39, 0.29) is 23.6 Å². The lowest BCUT2D eigenvalue weighted by Crippen LogP contribution is -2.34. The molecule has 38 heavy (non-hydrogen) atoms. The highest BCUT2D eigenvalue weighted by atomic mass is 35.5. The van der Waals surface area contributed by atoms with Crippen molar-refractivity contribution in [1.29, 1.82) is 0 Å². The van der Waals surface area contributed by atoms with Gasteiger partial charge in [-0.15, -0.1) is 0 Å². The molecule has 0 fully saturated rings. The molecule has 0 aliphatic carbocycles. The van der Waals surface area contributed by atoms with Crippen LogP contribution in [-0.2, 0) is 4.79 Å². The third-order valence-electron chi connectivity index (χ3n) is 6.60. The molecule has 4 aromatic carbocycles. The lowest BCUT2D eigenvalue weighted by molar-refractivity contribution is -0.116. The van der Waals surface area contributed by atoms with E-state index >= 15 is 0 Å². The van der Waals surface area contributed by atoms with Gasteiger partial charge in [-0.1, -0.05) is 41.9 Å². The van der Waals surface area contributed by atoms with E-state index in [1.165, 1.54) is 12.1 Å². The maximum absolute atomic E-state index is 13.4. The van der Waals surface area contributed by atoms with Gasteiger partial charge in [0.2, 0.25) is 5.91 Å². The fraction of sp³-hybridized carbons (Fsp3) is 0.100. The van der Waals surface area contributed by atoms with Crippen LogP contribution in [0, 0.1) is 13.8 Å². The molecular weight excluding hydrogens is 502 g/mol. The van der Waals surface area contributed by atoms with E-state index in [2.05, 4.69) is 10.5 Å². The molecule has 0 spiro atoms. The predicted molar refractivity (Wildman–Crippen MR) is 150 cm³/mol. The minimum Gasteiger partial charge on any atom is -0.505 e. The minimum absolute atomic E-state index is 0.0374. The number of halogens is 1. The van der Waals surface area contributed by atoms with Gasteiger partial charge in [0, 0.05) is 21.8 Å². The van der Waals surface area contributed by atoms with Gasteiger partial charge in [0.15, 0.2) is 0 Å². The smallest absolute Gasteiger partial charge is 0.335 e. The Bertz CT molecular complexity index is 1630. The Morgan fingerprint density at radius 1 is 0.947 bits per heavy atom. The molecule has 8 heteroatoms. The minimum atomic E-state index is -1.05. The second-order valence-corrected chi connectivity index (χ2v) is 9.53. The number of benzene rings is 4. The number of aryl methyl sites for hydroxylation is 2. The van der Waals surface area contributed by atoms with E-state index < -0.39 is 5.97 Å². The van der Waals surface area contributed by atoms with Gasteiger partial charge in [0.05, 0.1) is 29.1 Å². The van der Waals surface area contributed by atoms with Crippen molar-refractivity contribution in [2.45, 2.75) is 20.3 Å². The summed E-state index contributed by atoms with van der Waals surface area (Å²) < 4.78 is 0. The Hall–Kier alpha value is -4.62. The third kappa shape index (κ3) is 4.71. The zero-order chi connectivity index (χ0) is 27.0. The Morgan fingerprint density at radius 3 is 2.50 bits per heavy atom. The first-order valence-corrected chi connectivity index (χ1v) is 12.3. The second kappa shape index (κ2) is 10.0. The Labute approximate surface area is 224 Å². The average Bonchev–Trinajstić information content (AvgIpc) is 2.89. The molecule has 0 unspecified atom stereocenters. The molecule has 1 heterocycles. The first-order chi connectivity index (χ1) is 18.2. The van der Waals surface area contributed by atoms with Crippen LogP contribution in [0.25, 0.3) is 11.1 Å². The van der Waals surface area contributed by atoms with Gasteiger partial charge >= 0.3 is 5.97 Å². The molecule has 3 N–H and O–H groups in total. The van der Waals surface area contributed by atoms with E-state index in [0.29, 0.717) is 33.2 Å². The normalized spacial score (nSPS) is 13.9. The Kier molecular flexibility index (Phi) is 6.61. The first kappa shape index (κ1) is 25.0. The number of hydrogen-bond acceptors (Lipinski definition) is 5. The second-order valence-electron chi connectivity index (χ2n) is 9.09. The van der Waals surface area contributed by atoms with Crippen LogP contribution in [0.2, 0.25) is 5.02 Å². The summed E-state index contributed by atoms with van der Waals surface area (Å²) in [4.78, 5) is 26.4. The molecule has 0 saturated heterocycles. The molecule has 1 aliphatic heterocycles. The average molecular weight is 526 g/mol. The van der Waals surface area contributed by atoms with Crippen LogP contribution in [0.5, 0.6) is 5.75 Å². The van der Waals surface area contributed by atoms with Crippen LogP contribution >= 0.6 is 11.6 Å². The molecular formula is C30H24ClN3O4.